The van der Waals surface area contributed by atoms with E-state index in [0.29, 0.717) is 43.3 Å². The minimum Gasteiger partial charge on any atom is -0.496 e. The Bertz CT molecular complexity index is 1000. The Balaban J connectivity index is 1.56. The van der Waals surface area contributed by atoms with Gasteiger partial charge < -0.3 is 25.3 Å². The molecule has 0 spiro atoms. The molecule has 0 aliphatic carbocycles. The molecule has 1 amide bonds. The molecule has 34 heavy (non-hydrogen) atoms. The van der Waals surface area contributed by atoms with Crippen molar-refractivity contribution in [3.8, 4) is 11.5 Å². The number of carbonyl (C=O) groups is 2. The highest BCUT2D eigenvalue weighted by Crippen LogP contribution is 2.29. The zero-order valence-corrected chi connectivity index (χ0v) is 19.9. The lowest BCUT2D eigenvalue weighted by Gasteiger charge is -2.38. The molecule has 8 nitrogen and oxygen atoms in total. The van der Waals surface area contributed by atoms with Crippen LogP contribution in [-0.2, 0) is 9.53 Å². The first kappa shape index (κ1) is 25.6. The Morgan fingerprint density at radius 3 is 2.68 bits per heavy atom. The molecule has 3 N–H and O–H groups in total. The molecule has 1 aliphatic rings. The molecule has 0 radical (unpaired) electrons. The maximum Gasteiger partial charge on any atom is 0.303 e. The average Bonchev–Trinajstić information content (AvgIpc) is 2.80. The van der Waals surface area contributed by atoms with E-state index in [9.17, 15) is 14.0 Å². The van der Waals surface area contributed by atoms with Gasteiger partial charge in [-0.15, -0.1) is 0 Å². The molecular formula is C24H29ClFN3O5. The number of nitrogens with zero attached hydrogens (tertiary/aromatic N) is 1. The van der Waals surface area contributed by atoms with E-state index in [2.05, 4.69) is 10.2 Å². The van der Waals surface area contributed by atoms with E-state index < -0.39 is 12.1 Å². The number of amides is 1. The Hall–Kier alpha value is -3.04. The number of nitrogens with one attached hydrogen (secondary N) is 1. The number of likely N-dealkylation sites (tertiary alicyclic amines) is 1. The highest BCUT2D eigenvalue weighted by molar-refractivity contribution is 6.33. The van der Waals surface area contributed by atoms with Crippen molar-refractivity contribution in [2.45, 2.75) is 31.9 Å². The molecule has 1 aliphatic heterocycles. The molecule has 0 saturated carbocycles. The normalized spacial score (nSPS) is 18.2. The maximum atomic E-state index is 13.0. The number of piperidine rings is 1. The van der Waals surface area contributed by atoms with Crippen LogP contribution in [0, 0.1) is 5.82 Å². The van der Waals surface area contributed by atoms with Crippen LogP contribution in [0.5, 0.6) is 11.5 Å². The predicted molar refractivity (Wildman–Crippen MR) is 127 cm³/mol. The van der Waals surface area contributed by atoms with Crippen LogP contribution < -0.4 is 20.5 Å². The molecule has 2 aromatic rings. The quantitative estimate of drug-likeness (QED) is 0.314. The van der Waals surface area contributed by atoms with E-state index in [0.717, 1.165) is 13.0 Å². The summed E-state index contributed by atoms with van der Waals surface area (Å²) in [6.07, 6.45) is 0.819. The molecule has 10 heteroatoms. The van der Waals surface area contributed by atoms with Gasteiger partial charge in [0.15, 0.2) is 0 Å². The van der Waals surface area contributed by atoms with Gasteiger partial charge in [0.2, 0.25) is 0 Å². The molecule has 3 rings (SSSR count). The maximum absolute atomic E-state index is 13.0. The number of hydrogen-bond acceptors (Lipinski definition) is 7. The highest BCUT2D eigenvalue weighted by atomic mass is 35.5. The van der Waals surface area contributed by atoms with Crippen LogP contribution in [0.25, 0.3) is 0 Å². The Morgan fingerprint density at radius 2 is 2.00 bits per heavy atom. The topological polar surface area (TPSA) is 103 Å². The molecule has 2 atom stereocenters. The molecule has 184 valence electrons. The molecule has 1 saturated heterocycles. The highest BCUT2D eigenvalue weighted by Gasteiger charge is 2.33. The third-order valence-corrected chi connectivity index (χ3v) is 5.87. The zero-order chi connectivity index (χ0) is 24.7. The first-order valence-corrected chi connectivity index (χ1v) is 11.4. The van der Waals surface area contributed by atoms with Gasteiger partial charge in [0.05, 0.1) is 36.0 Å². The SMILES string of the molecule is COc1cc(N)c(Cl)cc1C(=O)N[C@H]1CCN(CCCOc2ccc(F)cc2)C[C@H]1OC(C)=O. The number of ether oxygens (including phenoxy) is 3. The van der Waals surface area contributed by atoms with Crippen molar-refractivity contribution >= 4 is 29.2 Å². The van der Waals surface area contributed by atoms with Crippen LogP contribution in [0.4, 0.5) is 10.1 Å². The summed E-state index contributed by atoms with van der Waals surface area (Å²) >= 11 is 6.09. The van der Waals surface area contributed by atoms with Crippen LogP contribution >= 0.6 is 11.6 Å². The summed E-state index contributed by atoms with van der Waals surface area (Å²) in [5.41, 5.74) is 6.36. The molecule has 1 heterocycles. The fourth-order valence-electron chi connectivity index (χ4n) is 3.85. The summed E-state index contributed by atoms with van der Waals surface area (Å²) in [7, 11) is 1.44. The monoisotopic (exact) mass is 493 g/mol. The zero-order valence-electron chi connectivity index (χ0n) is 19.2. The van der Waals surface area contributed by atoms with Crippen LogP contribution in [0.3, 0.4) is 0 Å². The van der Waals surface area contributed by atoms with Gasteiger partial charge in [0, 0.05) is 32.6 Å². The van der Waals surface area contributed by atoms with Crippen LogP contribution in [0.1, 0.15) is 30.1 Å². The van der Waals surface area contributed by atoms with E-state index in [1.165, 1.54) is 38.3 Å². The largest absolute Gasteiger partial charge is 0.496 e. The second kappa shape index (κ2) is 11.9. The lowest BCUT2D eigenvalue weighted by atomic mass is 10.0. The minimum atomic E-state index is -0.511. The van der Waals surface area contributed by atoms with E-state index in [-0.39, 0.29) is 28.4 Å². The van der Waals surface area contributed by atoms with Crippen LogP contribution in [0.15, 0.2) is 36.4 Å². The lowest BCUT2D eigenvalue weighted by molar-refractivity contribution is -0.150. The number of halogens is 2. The summed E-state index contributed by atoms with van der Waals surface area (Å²) in [6, 6.07) is 8.47. The van der Waals surface area contributed by atoms with E-state index in [1.54, 1.807) is 12.1 Å². The summed E-state index contributed by atoms with van der Waals surface area (Å²) < 4.78 is 29.4. The number of benzene rings is 2. The van der Waals surface area contributed by atoms with E-state index in [1.807, 2.05) is 0 Å². The number of rotatable bonds is 9. The standard InChI is InChI=1S/C24H29ClFN3O5/c1-15(30)34-23-14-29(9-3-11-33-17-6-4-16(26)5-7-17)10-8-21(23)28-24(31)18-12-19(25)20(27)13-22(18)32-2/h4-7,12-13,21,23H,3,8-11,14,27H2,1-2H3,(H,28,31)/t21-,23+/m0/s1. The number of carbonyl (C=O) groups excluding carboxylic acids is 2. The van der Waals surface area contributed by atoms with Gasteiger partial charge in [-0.25, -0.2) is 4.39 Å². The third-order valence-electron chi connectivity index (χ3n) is 5.54. The van der Waals surface area contributed by atoms with E-state index in [4.69, 9.17) is 31.5 Å². The average molecular weight is 494 g/mol. The Morgan fingerprint density at radius 1 is 1.26 bits per heavy atom. The Kier molecular flexibility index (Phi) is 8.95. The van der Waals surface area contributed by atoms with Gasteiger partial charge in [-0.1, -0.05) is 11.6 Å². The summed E-state index contributed by atoms with van der Waals surface area (Å²) in [5.74, 6) is -0.196. The molecule has 0 aromatic heterocycles. The van der Waals surface area contributed by atoms with Gasteiger partial charge in [-0.3, -0.25) is 14.5 Å². The third kappa shape index (κ3) is 6.98. The molecule has 0 unspecified atom stereocenters. The minimum absolute atomic E-state index is 0.250. The second-order valence-corrected chi connectivity index (χ2v) is 8.45. The predicted octanol–water partition coefficient (Wildman–Crippen LogP) is 3.27. The van der Waals surface area contributed by atoms with Crippen LogP contribution in [-0.4, -0.2) is 62.3 Å². The molecular weight excluding hydrogens is 465 g/mol. The molecule has 0 bridgehead atoms. The molecule has 1 fully saturated rings. The molecule has 2 aromatic carbocycles. The number of hydrogen-bond donors (Lipinski definition) is 2. The fraction of sp³-hybridized carbons (Fsp3) is 0.417. The fourth-order valence-corrected chi connectivity index (χ4v) is 4.02. The van der Waals surface area contributed by atoms with Crippen molar-refractivity contribution < 1.29 is 28.2 Å². The van der Waals surface area contributed by atoms with Crippen molar-refractivity contribution in [3.63, 3.8) is 0 Å². The van der Waals surface area contributed by atoms with Crippen molar-refractivity contribution in [3.05, 3.63) is 52.8 Å². The van der Waals surface area contributed by atoms with Gasteiger partial charge >= 0.3 is 5.97 Å². The van der Waals surface area contributed by atoms with Crippen molar-refractivity contribution in [2.75, 3.05) is 39.1 Å². The summed E-state index contributed by atoms with van der Waals surface area (Å²) in [6.45, 7) is 3.72. The number of anilines is 1. The van der Waals surface area contributed by atoms with Crippen molar-refractivity contribution in [2.24, 2.45) is 0 Å². The van der Waals surface area contributed by atoms with Gasteiger partial charge in [-0.05, 0) is 43.2 Å². The van der Waals surface area contributed by atoms with Gasteiger partial charge in [0.1, 0.15) is 23.4 Å². The summed E-state index contributed by atoms with van der Waals surface area (Å²) in [4.78, 5) is 26.8. The summed E-state index contributed by atoms with van der Waals surface area (Å²) in [5, 5.41) is 3.20. The lowest BCUT2D eigenvalue weighted by Crippen LogP contribution is -2.55. The van der Waals surface area contributed by atoms with Crippen LogP contribution in [0.2, 0.25) is 5.02 Å². The van der Waals surface area contributed by atoms with Crippen molar-refractivity contribution in [1.82, 2.24) is 10.2 Å². The van der Waals surface area contributed by atoms with Crippen molar-refractivity contribution in [1.29, 1.82) is 0 Å². The Labute approximate surface area is 203 Å². The second-order valence-electron chi connectivity index (χ2n) is 8.05. The van der Waals surface area contributed by atoms with Gasteiger partial charge in [0.25, 0.3) is 5.91 Å². The number of esters is 1. The van der Waals surface area contributed by atoms with E-state index >= 15 is 0 Å². The first-order chi connectivity index (χ1) is 16.3. The number of nitrogen functional groups attached to an aromatic ring is 1. The number of methoxy groups -OCH3 is 1. The first-order valence-electron chi connectivity index (χ1n) is 11.0. The smallest absolute Gasteiger partial charge is 0.303 e. The number of nitrogens with two attached hydrogens (primary N) is 1. The van der Waals surface area contributed by atoms with Gasteiger partial charge in [-0.2, -0.15) is 0 Å².